The number of aliphatic hydroxyl groups excluding tert-OH is 2. The molecule has 0 saturated carbocycles. The Morgan fingerprint density at radius 1 is 1.09 bits per heavy atom. The molecule has 0 aliphatic rings. The molecule has 2 N–H and O–H groups in total. The molecule has 0 saturated heterocycles. The molecule has 6 heteroatoms. The van der Waals surface area contributed by atoms with Gasteiger partial charge in [0, 0.05) is 0 Å². The molecule has 2 rings (SSSR count). The van der Waals surface area contributed by atoms with Gasteiger partial charge in [-0.3, -0.25) is 0 Å². The van der Waals surface area contributed by atoms with Gasteiger partial charge < -0.3 is 10.2 Å². The Labute approximate surface area is 135 Å². The zero-order valence-electron chi connectivity index (χ0n) is 12.7. The third-order valence-corrected chi connectivity index (χ3v) is 5.19. The van der Waals surface area contributed by atoms with Crippen LogP contribution >= 0.6 is 0 Å². The molecule has 0 radical (unpaired) electrons. The maximum Gasteiger partial charge on any atom is 0.157 e. The van der Waals surface area contributed by atoms with Crippen molar-refractivity contribution in [2.45, 2.75) is 25.4 Å². The van der Waals surface area contributed by atoms with Crippen LogP contribution in [-0.4, -0.2) is 24.4 Å². The van der Waals surface area contributed by atoms with Crippen molar-refractivity contribution in [3.8, 4) is 0 Å². The van der Waals surface area contributed by atoms with E-state index in [1.165, 1.54) is 18.2 Å². The number of aryl methyl sites for hydroxylation is 1. The Morgan fingerprint density at radius 3 is 2.26 bits per heavy atom. The average Bonchev–Trinajstić information content (AvgIpc) is 2.46. The van der Waals surface area contributed by atoms with Crippen LogP contribution in [0.1, 0.15) is 28.4 Å². The molecule has 0 aliphatic heterocycles. The van der Waals surface area contributed by atoms with Crippen molar-refractivity contribution in [1.82, 2.24) is 0 Å². The van der Waals surface area contributed by atoms with Crippen molar-refractivity contribution in [3.63, 3.8) is 0 Å². The highest BCUT2D eigenvalue weighted by molar-refractivity contribution is 7.90. The summed E-state index contributed by atoms with van der Waals surface area (Å²) >= 11 is 0. The summed E-state index contributed by atoms with van der Waals surface area (Å²) in [5.41, 5.74) is 2.21. The lowest BCUT2D eigenvalue weighted by molar-refractivity contribution is 0.201. The van der Waals surface area contributed by atoms with Gasteiger partial charge in [-0.2, -0.15) is 0 Å². The molecular formula is C17H19FO4S. The van der Waals surface area contributed by atoms with Crippen LogP contribution in [0.15, 0.2) is 42.5 Å². The number of hydrogen-bond acceptors (Lipinski definition) is 4. The van der Waals surface area contributed by atoms with E-state index in [1.807, 2.05) is 0 Å². The van der Waals surface area contributed by atoms with Crippen molar-refractivity contribution >= 4 is 9.84 Å². The summed E-state index contributed by atoms with van der Waals surface area (Å²) in [6, 6.07) is 10.5. The Morgan fingerprint density at radius 2 is 1.70 bits per heavy atom. The summed E-state index contributed by atoms with van der Waals surface area (Å²) in [6.45, 7) is 1.53. The average molecular weight is 338 g/mol. The number of benzene rings is 2. The van der Waals surface area contributed by atoms with E-state index < -0.39 is 27.5 Å². The van der Waals surface area contributed by atoms with E-state index >= 15 is 0 Å². The molecule has 0 bridgehead atoms. The number of halogens is 1. The van der Waals surface area contributed by atoms with Crippen LogP contribution in [0.4, 0.5) is 4.39 Å². The van der Waals surface area contributed by atoms with Crippen molar-refractivity contribution < 1.29 is 23.0 Å². The largest absolute Gasteiger partial charge is 0.392 e. The fourth-order valence-corrected chi connectivity index (χ4v) is 3.88. The SMILES string of the molecule is Cc1cc(F)ccc1C(O)CS(=O)(=O)Cc1ccc(CO)cc1. The van der Waals surface area contributed by atoms with E-state index in [9.17, 15) is 17.9 Å². The van der Waals surface area contributed by atoms with E-state index in [0.29, 0.717) is 22.3 Å². The van der Waals surface area contributed by atoms with Gasteiger partial charge in [-0.1, -0.05) is 30.3 Å². The lowest BCUT2D eigenvalue weighted by atomic mass is 10.0. The highest BCUT2D eigenvalue weighted by Gasteiger charge is 2.21. The quantitative estimate of drug-likeness (QED) is 0.847. The van der Waals surface area contributed by atoms with Crippen molar-refractivity contribution in [3.05, 3.63) is 70.5 Å². The summed E-state index contributed by atoms with van der Waals surface area (Å²) in [5.74, 6) is -1.05. The smallest absolute Gasteiger partial charge is 0.157 e. The van der Waals surface area contributed by atoms with Gasteiger partial charge in [-0.25, -0.2) is 12.8 Å². The zero-order valence-corrected chi connectivity index (χ0v) is 13.6. The molecule has 0 spiro atoms. The fraction of sp³-hybridized carbons (Fsp3) is 0.294. The van der Waals surface area contributed by atoms with E-state index in [2.05, 4.69) is 0 Å². The minimum Gasteiger partial charge on any atom is -0.392 e. The zero-order chi connectivity index (χ0) is 17.0. The minimum atomic E-state index is -3.53. The third kappa shape index (κ3) is 4.86. The normalized spacial score (nSPS) is 13.0. The molecule has 0 heterocycles. The first-order valence-corrected chi connectivity index (χ1v) is 8.96. The fourth-order valence-electron chi connectivity index (χ4n) is 2.40. The Kier molecular flexibility index (Phi) is 5.51. The van der Waals surface area contributed by atoms with Crippen LogP contribution in [0.25, 0.3) is 0 Å². The van der Waals surface area contributed by atoms with Gasteiger partial charge in [0.1, 0.15) is 5.82 Å². The van der Waals surface area contributed by atoms with E-state index in [-0.39, 0.29) is 12.4 Å². The first kappa shape index (κ1) is 17.6. The van der Waals surface area contributed by atoms with E-state index in [0.717, 1.165) is 0 Å². The summed E-state index contributed by atoms with van der Waals surface area (Å²) in [4.78, 5) is 0. The van der Waals surface area contributed by atoms with Gasteiger partial charge in [0.05, 0.1) is 24.2 Å². The van der Waals surface area contributed by atoms with Gasteiger partial charge >= 0.3 is 0 Å². The van der Waals surface area contributed by atoms with Crippen molar-refractivity contribution in [2.24, 2.45) is 0 Å². The first-order chi connectivity index (χ1) is 10.8. The molecule has 0 aromatic heterocycles. The Bertz CT molecular complexity index is 770. The van der Waals surface area contributed by atoms with Gasteiger partial charge in [0.15, 0.2) is 9.84 Å². The number of aliphatic hydroxyl groups is 2. The summed E-state index contributed by atoms with van der Waals surface area (Å²) in [6.07, 6.45) is -1.20. The predicted octanol–water partition coefficient (Wildman–Crippen LogP) is 2.27. The molecular weight excluding hydrogens is 319 g/mol. The molecule has 0 fully saturated rings. The van der Waals surface area contributed by atoms with Gasteiger partial charge in [-0.15, -0.1) is 0 Å². The Hall–Kier alpha value is -1.76. The topological polar surface area (TPSA) is 74.6 Å². The van der Waals surface area contributed by atoms with Crippen LogP contribution in [0, 0.1) is 12.7 Å². The van der Waals surface area contributed by atoms with Gasteiger partial charge in [-0.05, 0) is 41.3 Å². The third-order valence-electron chi connectivity index (χ3n) is 3.59. The van der Waals surface area contributed by atoms with Crippen molar-refractivity contribution in [2.75, 3.05) is 5.75 Å². The second-order valence-electron chi connectivity index (χ2n) is 5.55. The highest BCUT2D eigenvalue weighted by atomic mass is 32.2. The van der Waals surface area contributed by atoms with Crippen LogP contribution in [0.2, 0.25) is 0 Å². The molecule has 0 aliphatic carbocycles. The molecule has 2 aromatic rings. The minimum absolute atomic E-state index is 0.102. The maximum absolute atomic E-state index is 13.1. The molecule has 0 amide bonds. The second-order valence-corrected chi connectivity index (χ2v) is 7.66. The van der Waals surface area contributed by atoms with Gasteiger partial charge in [0.25, 0.3) is 0 Å². The standard InChI is InChI=1S/C17H19FO4S/c1-12-8-15(18)6-7-16(12)17(20)11-23(21,22)10-14-4-2-13(9-19)3-5-14/h2-8,17,19-20H,9-11H2,1H3. The van der Waals surface area contributed by atoms with Crippen LogP contribution in [0.3, 0.4) is 0 Å². The van der Waals surface area contributed by atoms with E-state index in [4.69, 9.17) is 5.11 Å². The first-order valence-electron chi connectivity index (χ1n) is 7.14. The molecule has 1 unspecified atom stereocenters. The lowest BCUT2D eigenvalue weighted by Crippen LogP contribution is -2.17. The summed E-state index contributed by atoms with van der Waals surface area (Å²) in [5, 5.41) is 19.1. The van der Waals surface area contributed by atoms with E-state index in [1.54, 1.807) is 31.2 Å². The van der Waals surface area contributed by atoms with Gasteiger partial charge in [0.2, 0.25) is 0 Å². The maximum atomic E-state index is 13.1. The Balaban J connectivity index is 2.10. The molecule has 2 aromatic carbocycles. The molecule has 124 valence electrons. The molecule has 4 nitrogen and oxygen atoms in total. The summed E-state index contributed by atoms with van der Waals surface area (Å²) in [7, 11) is -3.53. The van der Waals surface area contributed by atoms with Crippen molar-refractivity contribution in [1.29, 1.82) is 0 Å². The van der Waals surface area contributed by atoms with Crippen LogP contribution in [-0.2, 0) is 22.2 Å². The number of hydrogen-bond donors (Lipinski definition) is 2. The van der Waals surface area contributed by atoms with Crippen LogP contribution < -0.4 is 0 Å². The summed E-state index contributed by atoms with van der Waals surface area (Å²) < 4.78 is 37.5. The molecule has 23 heavy (non-hydrogen) atoms. The molecule has 1 atom stereocenters. The second kappa shape index (κ2) is 7.21. The number of sulfone groups is 1. The van der Waals surface area contributed by atoms with Crippen LogP contribution in [0.5, 0.6) is 0 Å². The number of rotatable bonds is 6. The predicted molar refractivity (Wildman–Crippen MR) is 86.0 cm³/mol. The lowest BCUT2D eigenvalue weighted by Gasteiger charge is -2.14. The highest BCUT2D eigenvalue weighted by Crippen LogP contribution is 2.21. The monoisotopic (exact) mass is 338 g/mol.